The molecule has 6 nitrogen and oxygen atoms in total. The first kappa shape index (κ1) is 22.6. The highest BCUT2D eigenvalue weighted by Crippen LogP contribution is 2.34. The Morgan fingerprint density at radius 3 is 2.30 bits per heavy atom. The number of nitrogens with one attached hydrogen (secondary N) is 1. The van der Waals surface area contributed by atoms with Crippen LogP contribution in [0, 0.1) is 13.8 Å². The standard InChI is InChI=1S/C26H26N4O2S/c1-17-11-10-12-18(2)23(17)27-25(31)19(3)33-26-29-28-24(20-13-6-5-7-14-20)30(26)21-15-8-9-16-22(21)32-4/h5-16,19H,1-4H3,(H,27,31)/t19-/m0/s1. The molecule has 1 N–H and O–H groups in total. The number of benzene rings is 3. The lowest BCUT2D eigenvalue weighted by atomic mass is 10.1. The SMILES string of the molecule is COc1ccccc1-n1c(S[C@@H](C)C(=O)Nc2c(C)cccc2C)nnc1-c1ccccc1. The van der Waals surface area contributed by atoms with E-state index >= 15 is 0 Å². The Labute approximate surface area is 198 Å². The molecule has 1 amide bonds. The van der Waals surface area contributed by atoms with Crippen molar-refractivity contribution >= 4 is 23.4 Å². The van der Waals surface area contributed by atoms with Gasteiger partial charge in [0.2, 0.25) is 5.91 Å². The number of methoxy groups -OCH3 is 1. The highest BCUT2D eigenvalue weighted by molar-refractivity contribution is 8.00. The minimum Gasteiger partial charge on any atom is -0.495 e. The fourth-order valence-electron chi connectivity index (χ4n) is 3.60. The van der Waals surface area contributed by atoms with Crippen LogP contribution in [0.2, 0.25) is 0 Å². The average molecular weight is 459 g/mol. The van der Waals surface area contributed by atoms with Gasteiger partial charge in [-0.2, -0.15) is 0 Å². The van der Waals surface area contributed by atoms with Crippen LogP contribution < -0.4 is 10.1 Å². The van der Waals surface area contributed by atoms with Crippen molar-refractivity contribution < 1.29 is 9.53 Å². The Hall–Kier alpha value is -3.58. The number of carbonyl (C=O) groups excluding carboxylic acids is 1. The molecule has 1 heterocycles. The van der Waals surface area contributed by atoms with Crippen LogP contribution in [0.4, 0.5) is 5.69 Å². The molecule has 0 fully saturated rings. The molecule has 0 aliphatic carbocycles. The van der Waals surface area contributed by atoms with E-state index in [1.54, 1.807) is 7.11 Å². The molecule has 0 unspecified atom stereocenters. The van der Waals surface area contributed by atoms with Gasteiger partial charge in [0, 0.05) is 11.3 Å². The number of hydrogen-bond acceptors (Lipinski definition) is 5. The minimum absolute atomic E-state index is 0.0896. The molecule has 0 aliphatic heterocycles. The number of anilines is 1. The van der Waals surface area contributed by atoms with Gasteiger partial charge >= 0.3 is 0 Å². The zero-order valence-electron chi connectivity index (χ0n) is 19.1. The van der Waals surface area contributed by atoms with Crippen molar-refractivity contribution in [3.63, 3.8) is 0 Å². The molecule has 1 atom stereocenters. The molecule has 168 valence electrons. The van der Waals surface area contributed by atoms with Gasteiger partial charge in [-0.05, 0) is 44.0 Å². The zero-order valence-corrected chi connectivity index (χ0v) is 19.9. The first-order valence-corrected chi connectivity index (χ1v) is 11.6. The number of aryl methyl sites for hydroxylation is 2. The van der Waals surface area contributed by atoms with Gasteiger partial charge in [-0.3, -0.25) is 9.36 Å². The van der Waals surface area contributed by atoms with Crippen LogP contribution in [0.15, 0.2) is 78.0 Å². The van der Waals surface area contributed by atoms with Gasteiger partial charge in [0.15, 0.2) is 11.0 Å². The number of amides is 1. The molecular formula is C26H26N4O2S. The molecular weight excluding hydrogens is 432 g/mol. The van der Waals surface area contributed by atoms with Crippen molar-refractivity contribution in [2.75, 3.05) is 12.4 Å². The van der Waals surface area contributed by atoms with Crippen molar-refractivity contribution in [2.45, 2.75) is 31.2 Å². The third-order valence-electron chi connectivity index (χ3n) is 5.37. The summed E-state index contributed by atoms with van der Waals surface area (Å²) in [5.74, 6) is 1.29. The number of para-hydroxylation sites is 3. The summed E-state index contributed by atoms with van der Waals surface area (Å²) in [5, 5.41) is 12.2. The van der Waals surface area contributed by atoms with Crippen LogP contribution in [-0.4, -0.2) is 33.0 Å². The average Bonchev–Trinajstić information content (AvgIpc) is 3.25. The summed E-state index contributed by atoms with van der Waals surface area (Å²) in [6.45, 7) is 5.85. The third-order valence-corrected chi connectivity index (χ3v) is 6.41. The zero-order chi connectivity index (χ0) is 23.4. The van der Waals surface area contributed by atoms with E-state index in [9.17, 15) is 4.79 Å². The maximum Gasteiger partial charge on any atom is 0.237 e. The van der Waals surface area contributed by atoms with Crippen LogP contribution in [0.3, 0.4) is 0 Å². The number of ether oxygens (including phenoxy) is 1. The number of rotatable bonds is 7. The van der Waals surface area contributed by atoms with Gasteiger partial charge in [0.25, 0.3) is 0 Å². The fraction of sp³-hybridized carbons (Fsp3) is 0.192. The largest absolute Gasteiger partial charge is 0.495 e. The molecule has 3 aromatic carbocycles. The van der Waals surface area contributed by atoms with E-state index in [2.05, 4.69) is 15.5 Å². The first-order valence-electron chi connectivity index (χ1n) is 10.7. The second kappa shape index (κ2) is 9.92. The summed E-state index contributed by atoms with van der Waals surface area (Å²) >= 11 is 1.36. The summed E-state index contributed by atoms with van der Waals surface area (Å²) in [4.78, 5) is 13.1. The molecule has 4 aromatic rings. The Morgan fingerprint density at radius 1 is 0.939 bits per heavy atom. The van der Waals surface area contributed by atoms with Gasteiger partial charge < -0.3 is 10.1 Å². The molecule has 7 heteroatoms. The van der Waals surface area contributed by atoms with Crippen molar-refractivity contribution in [3.8, 4) is 22.8 Å². The summed E-state index contributed by atoms with van der Waals surface area (Å²) in [5.41, 5.74) is 4.66. The van der Waals surface area contributed by atoms with Crippen molar-refractivity contribution in [2.24, 2.45) is 0 Å². The lowest BCUT2D eigenvalue weighted by Crippen LogP contribution is -2.23. The molecule has 0 saturated heterocycles. The third kappa shape index (κ3) is 4.78. The number of carbonyl (C=O) groups is 1. The van der Waals surface area contributed by atoms with Crippen LogP contribution in [0.25, 0.3) is 17.1 Å². The van der Waals surface area contributed by atoms with Gasteiger partial charge in [0.05, 0.1) is 18.0 Å². The van der Waals surface area contributed by atoms with E-state index in [0.29, 0.717) is 16.7 Å². The van der Waals surface area contributed by atoms with Crippen LogP contribution >= 0.6 is 11.8 Å². The quantitative estimate of drug-likeness (QED) is 0.361. The molecule has 4 rings (SSSR count). The maximum atomic E-state index is 13.1. The number of nitrogens with zero attached hydrogens (tertiary/aromatic N) is 3. The van der Waals surface area contributed by atoms with Gasteiger partial charge in [-0.25, -0.2) is 0 Å². The summed E-state index contributed by atoms with van der Waals surface area (Å²) in [7, 11) is 1.64. The predicted octanol–water partition coefficient (Wildman–Crippen LogP) is 5.68. The maximum absolute atomic E-state index is 13.1. The van der Waals surface area contributed by atoms with E-state index in [1.165, 1.54) is 11.8 Å². The predicted molar refractivity (Wildman–Crippen MR) is 133 cm³/mol. The summed E-state index contributed by atoms with van der Waals surface area (Å²) in [6, 6.07) is 23.5. The van der Waals surface area contributed by atoms with Crippen molar-refractivity contribution in [1.29, 1.82) is 0 Å². The van der Waals surface area contributed by atoms with Gasteiger partial charge in [-0.15, -0.1) is 10.2 Å². The van der Waals surface area contributed by atoms with Crippen molar-refractivity contribution in [3.05, 3.63) is 83.9 Å². The number of thioether (sulfide) groups is 1. The van der Waals surface area contributed by atoms with E-state index < -0.39 is 5.25 Å². The van der Waals surface area contributed by atoms with Crippen LogP contribution in [-0.2, 0) is 4.79 Å². The molecule has 1 aromatic heterocycles. The van der Waals surface area contributed by atoms with Gasteiger partial charge in [0.1, 0.15) is 5.75 Å². The number of aromatic nitrogens is 3. The van der Waals surface area contributed by atoms with Crippen LogP contribution in [0.5, 0.6) is 5.75 Å². The lowest BCUT2D eigenvalue weighted by Gasteiger charge is -2.17. The molecule has 0 aliphatic rings. The summed E-state index contributed by atoms with van der Waals surface area (Å²) < 4.78 is 7.55. The van der Waals surface area contributed by atoms with Crippen molar-refractivity contribution in [1.82, 2.24) is 14.8 Å². The highest BCUT2D eigenvalue weighted by atomic mass is 32.2. The second-order valence-corrected chi connectivity index (χ2v) is 9.00. The van der Waals surface area contributed by atoms with E-state index in [0.717, 1.165) is 28.1 Å². The smallest absolute Gasteiger partial charge is 0.237 e. The Kier molecular flexibility index (Phi) is 6.79. The van der Waals surface area contributed by atoms with E-state index in [4.69, 9.17) is 4.74 Å². The van der Waals surface area contributed by atoms with E-state index in [-0.39, 0.29) is 5.91 Å². The topological polar surface area (TPSA) is 69.0 Å². The second-order valence-electron chi connectivity index (χ2n) is 7.70. The molecule has 0 spiro atoms. The first-order chi connectivity index (χ1) is 16.0. The minimum atomic E-state index is -0.398. The van der Waals surface area contributed by atoms with Crippen LogP contribution in [0.1, 0.15) is 18.1 Å². The van der Waals surface area contributed by atoms with E-state index in [1.807, 2.05) is 98.1 Å². The lowest BCUT2D eigenvalue weighted by molar-refractivity contribution is -0.115. The Balaban J connectivity index is 1.69. The molecule has 0 radical (unpaired) electrons. The summed E-state index contributed by atoms with van der Waals surface area (Å²) in [6.07, 6.45) is 0. The number of hydrogen-bond donors (Lipinski definition) is 1. The molecule has 0 bridgehead atoms. The normalized spacial score (nSPS) is 11.8. The fourth-order valence-corrected chi connectivity index (χ4v) is 4.46. The highest BCUT2D eigenvalue weighted by Gasteiger charge is 2.24. The Morgan fingerprint density at radius 2 is 1.61 bits per heavy atom. The van der Waals surface area contributed by atoms with Gasteiger partial charge in [-0.1, -0.05) is 72.4 Å². The molecule has 0 saturated carbocycles. The molecule has 33 heavy (non-hydrogen) atoms. The monoisotopic (exact) mass is 458 g/mol. The Bertz CT molecular complexity index is 1250.